The Morgan fingerprint density at radius 2 is 2.17 bits per heavy atom. The topological polar surface area (TPSA) is 29.1 Å². The van der Waals surface area contributed by atoms with Crippen molar-refractivity contribution in [3.05, 3.63) is 52.7 Å². The number of carbonyl (C=O) groups excluding carboxylic acids is 1. The van der Waals surface area contributed by atoms with Crippen LogP contribution in [-0.2, 0) is 10.2 Å². The van der Waals surface area contributed by atoms with E-state index in [9.17, 15) is 4.79 Å². The lowest BCUT2D eigenvalue weighted by molar-refractivity contribution is -0.923. The normalized spacial score (nSPS) is 41.6. The van der Waals surface area contributed by atoms with Crippen LogP contribution in [0.5, 0.6) is 0 Å². The van der Waals surface area contributed by atoms with Crippen molar-refractivity contribution in [1.82, 2.24) is 0 Å². The Kier molecular flexibility index (Phi) is 2.45. The highest BCUT2D eigenvalue weighted by atomic mass is 16.1. The molecule has 1 unspecified atom stereocenters. The quantitative estimate of drug-likeness (QED) is 0.491. The molecular formula is C20H23N2O+. The molecule has 5 rings (SSSR count). The first-order valence-electron chi connectivity index (χ1n) is 8.70. The fraction of sp³-hybridized carbons (Fsp3) is 0.450. The van der Waals surface area contributed by atoms with Gasteiger partial charge in [0.05, 0.1) is 19.0 Å². The summed E-state index contributed by atoms with van der Waals surface area (Å²) in [6, 6.07) is 9.27. The van der Waals surface area contributed by atoms with Crippen LogP contribution in [0.15, 0.2) is 47.2 Å². The molecule has 1 aromatic rings. The number of hydrogen-bond acceptors (Lipinski definition) is 2. The van der Waals surface area contributed by atoms with Crippen LogP contribution in [0, 0.1) is 5.92 Å². The monoisotopic (exact) mass is 307 g/mol. The molecule has 3 aliphatic heterocycles. The average Bonchev–Trinajstić information content (AvgIpc) is 3.08. The van der Waals surface area contributed by atoms with Gasteiger partial charge in [0, 0.05) is 35.7 Å². The van der Waals surface area contributed by atoms with Crippen LogP contribution < -0.4 is 5.32 Å². The van der Waals surface area contributed by atoms with Crippen molar-refractivity contribution in [3.63, 3.8) is 0 Å². The predicted molar refractivity (Wildman–Crippen MR) is 91.0 cm³/mol. The number of aldehydes is 1. The first-order chi connectivity index (χ1) is 11.1. The Hall–Kier alpha value is -1.87. The number of benzene rings is 1. The number of allylic oxidation sites excluding steroid dienone is 2. The van der Waals surface area contributed by atoms with Gasteiger partial charge < -0.3 is 9.80 Å². The minimum atomic E-state index is 0.0390. The molecule has 2 bridgehead atoms. The number of piperidine rings is 1. The molecule has 1 spiro atoms. The Labute approximate surface area is 137 Å². The summed E-state index contributed by atoms with van der Waals surface area (Å²) in [5.41, 5.74) is 6.35. The van der Waals surface area contributed by atoms with E-state index in [0.29, 0.717) is 12.0 Å². The zero-order valence-corrected chi connectivity index (χ0v) is 13.8. The fourth-order valence-electron chi connectivity index (χ4n) is 6.07. The van der Waals surface area contributed by atoms with E-state index in [0.717, 1.165) is 35.7 Å². The Bertz CT molecular complexity index is 793. The van der Waals surface area contributed by atoms with Crippen LogP contribution in [0.4, 0.5) is 5.69 Å². The second kappa shape index (κ2) is 4.15. The summed E-state index contributed by atoms with van der Waals surface area (Å²) in [4.78, 5) is 12.0. The van der Waals surface area contributed by atoms with Crippen LogP contribution in [0.3, 0.4) is 0 Å². The number of fused-ring (bicyclic) bond motifs is 2. The number of carbonyl (C=O) groups is 1. The van der Waals surface area contributed by atoms with Gasteiger partial charge in [0.15, 0.2) is 0 Å². The van der Waals surface area contributed by atoms with Gasteiger partial charge in [-0.2, -0.15) is 0 Å². The second-order valence-electron chi connectivity index (χ2n) is 7.87. The third-order valence-electron chi connectivity index (χ3n) is 7.06. The number of anilines is 1. The van der Waals surface area contributed by atoms with Gasteiger partial charge in [-0.1, -0.05) is 24.3 Å². The maximum Gasteiger partial charge on any atom is 0.148 e. The summed E-state index contributed by atoms with van der Waals surface area (Å²) in [5, 5.41) is 3.66. The Balaban J connectivity index is 1.85. The number of likely N-dealkylation sites (N-methyl/N-ethyl adjacent to an activating group) is 1. The smallest absolute Gasteiger partial charge is 0.148 e. The molecule has 118 valence electrons. The maximum atomic E-state index is 12.0. The van der Waals surface area contributed by atoms with Gasteiger partial charge in [0.1, 0.15) is 18.9 Å². The summed E-state index contributed by atoms with van der Waals surface area (Å²) in [6.45, 7) is 4.42. The van der Waals surface area contributed by atoms with Crippen molar-refractivity contribution >= 4 is 12.0 Å². The van der Waals surface area contributed by atoms with Gasteiger partial charge in [-0.15, -0.1) is 0 Å². The zero-order valence-electron chi connectivity index (χ0n) is 13.8. The van der Waals surface area contributed by atoms with Crippen molar-refractivity contribution in [3.8, 4) is 0 Å². The van der Waals surface area contributed by atoms with E-state index >= 15 is 0 Å². The molecule has 3 heterocycles. The number of nitrogens with one attached hydrogen (secondary N) is 1. The number of quaternary nitrogens is 1. The summed E-state index contributed by atoms with van der Waals surface area (Å²) in [5.74, 6) is 0.316. The SMILES string of the molecule is CC=C1C[N+]2(C)CC[C@]34C(=C(C=O)[C@@H]1C[C@H]32)Nc1ccccc14. The van der Waals surface area contributed by atoms with Crippen molar-refractivity contribution in [2.45, 2.75) is 31.2 Å². The summed E-state index contributed by atoms with van der Waals surface area (Å²) in [7, 11) is 2.42. The highest BCUT2D eigenvalue weighted by Gasteiger charge is 2.67. The van der Waals surface area contributed by atoms with E-state index < -0.39 is 0 Å². The number of hydrogen-bond donors (Lipinski definition) is 1. The molecule has 0 amide bonds. The van der Waals surface area contributed by atoms with Crippen LogP contribution in [-0.4, -0.2) is 36.9 Å². The number of nitrogens with zero attached hydrogens (tertiary/aromatic N) is 1. The molecule has 3 nitrogen and oxygen atoms in total. The molecule has 1 aliphatic carbocycles. The lowest BCUT2D eigenvalue weighted by Gasteiger charge is -2.51. The molecule has 2 fully saturated rings. The number of para-hydroxylation sites is 1. The van der Waals surface area contributed by atoms with E-state index in [1.54, 1.807) is 0 Å². The second-order valence-corrected chi connectivity index (χ2v) is 7.87. The highest BCUT2D eigenvalue weighted by molar-refractivity contribution is 5.84. The molecule has 2 saturated heterocycles. The third kappa shape index (κ3) is 1.38. The summed E-state index contributed by atoms with van der Waals surface area (Å²) in [6.07, 6.45) is 5.65. The molecule has 0 saturated carbocycles. The van der Waals surface area contributed by atoms with Gasteiger partial charge >= 0.3 is 0 Å². The molecule has 0 radical (unpaired) electrons. The first-order valence-corrected chi connectivity index (χ1v) is 8.70. The van der Waals surface area contributed by atoms with Crippen molar-refractivity contribution in [2.24, 2.45) is 5.92 Å². The molecule has 1 aromatic carbocycles. The van der Waals surface area contributed by atoms with Gasteiger partial charge in [0.25, 0.3) is 0 Å². The standard InChI is InChI=1S/C20H22N2O/c1-3-13-11-22(2)9-8-20-16-6-4-5-7-17(16)21-19(20)15(12-23)14(13)10-18(20)22/h3-7,12,14,18H,8-11H2,1-2H3/p+1/t14-,18-,20-,22?/m1/s1. The van der Waals surface area contributed by atoms with E-state index in [1.807, 2.05) is 0 Å². The average molecular weight is 307 g/mol. The maximum absolute atomic E-state index is 12.0. The number of rotatable bonds is 1. The molecule has 3 heteroatoms. The molecule has 23 heavy (non-hydrogen) atoms. The zero-order chi connectivity index (χ0) is 15.8. The van der Waals surface area contributed by atoms with E-state index in [4.69, 9.17) is 0 Å². The largest absolute Gasteiger partial charge is 0.357 e. The van der Waals surface area contributed by atoms with Crippen LogP contribution >= 0.6 is 0 Å². The van der Waals surface area contributed by atoms with Gasteiger partial charge in [-0.05, 0) is 24.1 Å². The van der Waals surface area contributed by atoms with Gasteiger partial charge in [0.2, 0.25) is 0 Å². The summed E-state index contributed by atoms with van der Waals surface area (Å²) < 4.78 is 1.13. The highest BCUT2D eigenvalue weighted by Crippen LogP contribution is 2.62. The van der Waals surface area contributed by atoms with Crippen LogP contribution in [0.2, 0.25) is 0 Å². The molecule has 1 N–H and O–H groups in total. The first kappa shape index (κ1) is 13.6. The molecular weight excluding hydrogens is 284 g/mol. The van der Waals surface area contributed by atoms with Gasteiger partial charge in [-0.25, -0.2) is 0 Å². The minimum absolute atomic E-state index is 0.0390. The van der Waals surface area contributed by atoms with Gasteiger partial charge in [-0.3, -0.25) is 4.79 Å². The molecule has 4 atom stereocenters. The van der Waals surface area contributed by atoms with Crippen molar-refractivity contribution in [1.29, 1.82) is 0 Å². The predicted octanol–water partition coefficient (Wildman–Crippen LogP) is 3.00. The van der Waals surface area contributed by atoms with Crippen LogP contribution in [0.25, 0.3) is 0 Å². The van der Waals surface area contributed by atoms with Crippen molar-refractivity contribution in [2.75, 3.05) is 25.5 Å². The van der Waals surface area contributed by atoms with Crippen molar-refractivity contribution < 1.29 is 9.28 Å². The lowest BCUT2D eigenvalue weighted by Crippen LogP contribution is -2.61. The third-order valence-corrected chi connectivity index (χ3v) is 7.06. The minimum Gasteiger partial charge on any atom is -0.357 e. The van der Waals surface area contributed by atoms with E-state index in [2.05, 4.69) is 49.6 Å². The molecule has 4 aliphatic rings. The lowest BCUT2D eigenvalue weighted by atomic mass is 9.61. The Morgan fingerprint density at radius 3 is 2.96 bits per heavy atom. The van der Waals surface area contributed by atoms with E-state index in [1.165, 1.54) is 29.1 Å². The summed E-state index contributed by atoms with van der Waals surface area (Å²) >= 11 is 0. The van der Waals surface area contributed by atoms with E-state index in [-0.39, 0.29) is 5.41 Å². The fourth-order valence-corrected chi connectivity index (χ4v) is 6.07. The Morgan fingerprint density at radius 1 is 1.35 bits per heavy atom. The van der Waals surface area contributed by atoms with Crippen LogP contribution in [0.1, 0.15) is 25.3 Å². The molecule has 0 aromatic heterocycles.